The van der Waals surface area contributed by atoms with E-state index < -0.39 is 27.7 Å². The summed E-state index contributed by atoms with van der Waals surface area (Å²) in [5, 5.41) is 9.86. The SMILES string of the molecule is O=C(C1CCOC1)N(O)S(=O)(=O)c1ccc(Oc2ccc(F)cc2)cc1. The summed E-state index contributed by atoms with van der Waals surface area (Å²) in [6.45, 7) is 0.426. The van der Waals surface area contributed by atoms with Crippen LogP contribution in [0.1, 0.15) is 6.42 Å². The Morgan fingerprint density at radius 3 is 2.23 bits per heavy atom. The number of ether oxygens (including phenoxy) is 2. The lowest BCUT2D eigenvalue weighted by molar-refractivity contribution is -0.150. The minimum atomic E-state index is -4.39. The van der Waals surface area contributed by atoms with E-state index in [1.807, 2.05) is 0 Å². The molecule has 1 amide bonds. The number of hydrogen-bond acceptors (Lipinski definition) is 6. The fourth-order valence-corrected chi connectivity index (χ4v) is 3.49. The fraction of sp³-hybridized carbons (Fsp3) is 0.235. The van der Waals surface area contributed by atoms with Gasteiger partial charge in [-0.3, -0.25) is 10.0 Å². The highest BCUT2D eigenvalue weighted by molar-refractivity contribution is 7.89. The molecular weight excluding hydrogens is 365 g/mol. The van der Waals surface area contributed by atoms with Crippen molar-refractivity contribution < 1.29 is 32.3 Å². The van der Waals surface area contributed by atoms with Crippen molar-refractivity contribution in [2.45, 2.75) is 11.3 Å². The Balaban J connectivity index is 1.73. The van der Waals surface area contributed by atoms with Crippen LogP contribution in [0.2, 0.25) is 0 Å². The molecule has 0 aromatic heterocycles. The molecule has 1 aliphatic heterocycles. The average molecular weight is 381 g/mol. The quantitative estimate of drug-likeness (QED) is 0.632. The first kappa shape index (κ1) is 18.3. The van der Waals surface area contributed by atoms with Gasteiger partial charge in [-0.2, -0.15) is 8.42 Å². The van der Waals surface area contributed by atoms with Crippen LogP contribution in [-0.4, -0.2) is 37.2 Å². The third-order valence-corrected chi connectivity index (χ3v) is 5.37. The number of rotatable bonds is 5. The Morgan fingerprint density at radius 1 is 1.12 bits per heavy atom. The van der Waals surface area contributed by atoms with E-state index in [1.165, 1.54) is 48.5 Å². The van der Waals surface area contributed by atoms with Crippen molar-refractivity contribution in [2.75, 3.05) is 13.2 Å². The second-order valence-corrected chi connectivity index (χ2v) is 7.44. The highest BCUT2D eigenvalue weighted by atomic mass is 32.2. The molecule has 1 unspecified atom stereocenters. The van der Waals surface area contributed by atoms with E-state index in [9.17, 15) is 22.8 Å². The van der Waals surface area contributed by atoms with Gasteiger partial charge in [-0.1, -0.05) is 0 Å². The molecule has 26 heavy (non-hydrogen) atoms. The fourth-order valence-electron chi connectivity index (χ4n) is 2.42. The molecule has 7 nitrogen and oxygen atoms in total. The second-order valence-electron chi connectivity index (χ2n) is 5.67. The standard InChI is InChI=1S/C17H16FNO6S/c18-13-1-3-14(4-2-13)25-15-5-7-16(8-6-15)26(22,23)19(21)17(20)12-9-10-24-11-12/h1-8,12,21H,9-11H2. The van der Waals surface area contributed by atoms with Gasteiger partial charge >= 0.3 is 0 Å². The van der Waals surface area contributed by atoms with Crippen LogP contribution >= 0.6 is 0 Å². The predicted molar refractivity (Wildman–Crippen MR) is 87.7 cm³/mol. The molecule has 0 saturated carbocycles. The van der Waals surface area contributed by atoms with Crippen molar-refractivity contribution in [3.63, 3.8) is 0 Å². The van der Waals surface area contributed by atoms with Crippen LogP contribution in [0.3, 0.4) is 0 Å². The summed E-state index contributed by atoms with van der Waals surface area (Å²) in [7, 11) is -4.39. The molecule has 1 heterocycles. The molecule has 1 atom stereocenters. The zero-order chi connectivity index (χ0) is 18.7. The number of carbonyl (C=O) groups excluding carboxylic acids is 1. The molecule has 1 fully saturated rings. The van der Waals surface area contributed by atoms with E-state index in [0.29, 0.717) is 24.5 Å². The Morgan fingerprint density at radius 2 is 1.69 bits per heavy atom. The molecule has 0 aliphatic carbocycles. The number of sulfonamides is 1. The third kappa shape index (κ3) is 3.85. The van der Waals surface area contributed by atoms with Gasteiger partial charge in [0.25, 0.3) is 15.9 Å². The molecule has 0 spiro atoms. The first-order chi connectivity index (χ1) is 12.4. The van der Waals surface area contributed by atoms with Gasteiger partial charge in [0.1, 0.15) is 17.3 Å². The number of halogens is 1. The predicted octanol–water partition coefficient (Wildman–Crippen LogP) is 2.56. The van der Waals surface area contributed by atoms with E-state index in [2.05, 4.69) is 0 Å². The summed E-state index contributed by atoms with van der Waals surface area (Å²) >= 11 is 0. The van der Waals surface area contributed by atoms with Gasteiger partial charge in [0, 0.05) is 6.61 Å². The van der Waals surface area contributed by atoms with Gasteiger partial charge in [0.2, 0.25) is 0 Å². The largest absolute Gasteiger partial charge is 0.457 e. The molecular formula is C17H16FNO6S. The van der Waals surface area contributed by atoms with E-state index in [0.717, 1.165) is 0 Å². The maximum absolute atomic E-state index is 12.9. The first-order valence-electron chi connectivity index (χ1n) is 7.77. The molecule has 3 rings (SSSR count). The lowest BCUT2D eigenvalue weighted by atomic mass is 10.1. The van der Waals surface area contributed by atoms with Gasteiger partial charge in [-0.25, -0.2) is 4.39 Å². The summed E-state index contributed by atoms with van der Waals surface area (Å²) in [4.78, 5) is 11.8. The van der Waals surface area contributed by atoms with Gasteiger partial charge < -0.3 is 9.47 Å². The van der Waals surface area contributed by atoms with E-state index >= 15 is 0 Å². The summed E-state index contributed by atoms with van der Waals surface area (Å²) < 4.78 is 47.9. The van der Waals surface area contributed by atoms with E-state index in [1.54, 1.807) is 0 Å². The molecule has 1 aliphatic rings. The smallest absolute Gasteiger partial charge is 0.289 e. The Hall–Kier alpha value is -2.49. The monoisotopic (exact) mass is 381 g/mol. The normalized spacial score (nSPS) is 17.1. The Kier molecular flexibility index (Phi) is 5.21. The molecule has 2 aromatic rings. The number of amides is 1. The number of nitrogens with zero attached hydrogens (tertiary/aromatic N) is 1. The van der Waals surface area contributed by atoms with Gasteiger partial charge in [0.05, 0.1) is 17.4 Å². The van der Waals surface area contributed by atoms with Crippen molar-refractivity contribution in [1.29, 1.82) is 0 Å². The van der Waals surface area contributed by atoms with Gasteiger partial charge in [-0.15, -0.1) is 4.47 Å². The van der Waals surface area contributed by atoms with Crippen molar-refractivity contribution in [3.8, 4) is 11.5 Å². The van der Waals surface area contributed by atoms with E-state index in [4.69, 9.17) is 9.47 Å². The lowest BCUT2D eigenvalue weighted by Gasteiger charge is -2.18. The molecule has 138 valence electrons. The van der Waals surface area contributed by atoms with Crippen LogP contribution in [0.4, 0.5) is 4.39 Å². The number of carbonyl (C=O) groups is 1. The van der Waals surface area contributed by atoms with E-state index in [-0.39, 0.29) is 16.0 Å². The summed E-state index contributed by atoms with van der Waals surface area (Å²) in [6, 6.07) is 10.5. The van der Waals surface area contributed by atoms with Crippen molar-refractivity contribution in [3.05, 3.63) is 54.3 Å². The molecule has 1 N–H and O–H groups in total. The van der Waals surface area contributed by atoms with Crippen LogP contribution in [0.5, 0.6) is 11.5 Å². The third-order valence-electron chi connectivity index (χ3n) is 3.87. The molecule has 2 aromatic carbocycles. The highest BCUT2D eigenvalue weighted by Crippen LogP contribution is 2.25. The maximum atomic E-state index is 12.9. The topological polar surface area (TPSA) is 93.1 Å². The van der Waals surface area contributed by atoms with Crippen LogP contribution < -0.4 is 4.74 Å². The maximum Gasteiger partial charge on any atom is 0.289 e. The lowest BCUT2D eigenvalue weighted by Crippen LogP contribution is -2.38. The molecule has 1 saturated heterocycles. The van der Waals surface area contributed by atoms with Crippen molar-refractivity contribution in [2.24, 2.45) is 5.92 Å². The minimum Gasteiger partial charge on any atom is -0.457 e. The first-order valence-corrected chi connectivity index (χ1v) is 9.21. The highest BCUT2D eigenvalue weighted by Gasteiger charge is 2.35. The average Bonchev–Trinajstić information content (AvgIpc) is 3.17. The molecule has 0 bridgehead atoms. The summed E-state index contributed by atoms with van der Waals surface area (Å²) in [5.74, 6) is -1.32. The second kappa shape index (κ2) is 7.40. The molecule has 9 heteroatoms. The Bertz CT molecular complexity index is 876. The van der Waals surface area contributed by atoms with Gasteiger partial charge in [0.15, 0.2) is 0 Å². The minimum absolute atomic E-state index is 0.0792. The zero-order valence-electron chi connectivity index (χ0n) is 13.5. The number of benzene rings is 2. The summed E-state index contributed by atoms with van der Waals surface area (Å²) in [5.41, 5.74) is 0. The van der Waals surface area contributed by atoms with Crippen LogP contribution in [-0.2, 0) is 19.6 Å². The van der Waals surface area contributed by atoms with Crippen molar-refractivity contribution >= 4 is 15.9 Å². The number of hydrogen-bond donors (Lipinski definition) is 1. The summed E-state index contributed by atoms with van der Waals surface area (Å²) in [6.07, 6.45) is 0.357. The zero-order valence-corrected chi connectivity index (χ0v) is 14.4. The van der Waals surface area contributed by atoms with Crippen molar-refractivity contribution in [1.82, 2.24) is 4.47 Å². The number of hydroxylamine groups is 1. The Labute approximate surface area is 149 Å². The van der Waals surface area contributed by atoms with Crippen LogP contribution in [0, 0.1) is 11.7 Å². The van der Waals surface area contributed by atoms with Gasteiger partial charge in [-0.05, 0) is 55.0 Å². The van der Waals surface area contributed by atoms with Crippen LogP contribution in [0.25, 0.3) is 0 Å². The molecule has 0 radical (unpaired) electrons. The van der Waals surface area contributed by atoms with Crippen LogP contribution in [0.15, 0.2) is 53.4 Å².